The maximum Gasteiger partial charge on any atom is 0.416 e. The number of carbonyl (C=O) groups excluding carboxylic acids is 1. The lowest BCUT2D eigenvalue weighted by Crippen LogP contribution is -2.49. The summed E-state index contributed by atoms with van der Waals surface area (Å²) < 4.78 is 39.0. The first-order valence-electron chi connectivity index (χ1n) is 8.33. The fourth-order valence-corrected chi connectivity index (χ4v) is 3.61. The maximum absolute atomic E-state index is 13.0. The molecule has 1 N–H and O–H groups in total. The molecule has 136 valence electrons. The number of carbonyl (C=O) groups is 1. The Morgan fingerprint density at radius 1 is 1.27 bits per heavy atom. The molecule has 0 radical (unpaired) electrons. The highest BCUT2D eigenvalue weighted by atomic mass is 19.4. The summed E-state index contributed by atoms with van der Waals surface area (Å²) >= 11 is 0. The summed E-state index contributed by atoms with van der Waals surface area (Å²) in [5, 5.41) is 2.63. The summed E-state index contributed by atoms with van der Waals surface area (Å²) in [6, 6.07) is 8.36. The van der Waals surface area contributed by atoms with Crippen LogP contribution in [0, 0.1) is 0 Å². The Morgan fingerprint density at radius 2 is 2.08 bits per heavy atom. The SMILES string of the molecule is CNC(=O)N1c2nc(-c3cccc(C(F)(F)F)c3)ccc2N2CC[C@H]1C2. The van der Waals surface area contributed by atoms with Crippen molar-refractivity contribution in [3.05, 3.63) is 42.0 Å². The van der Waals surface area contributed by atoms with Gasteiger partial charge in [-0.25, -0.2) is 9.78 Å². The van der Waals surface area contributed by atoms with E-state index in [2.05, 4.69) is 15.2 Å². The highest BCUT2D eigenvalue weighted by molar-refractivity contribution is 5.97. The Bertz CT molecular complexity index is 868. The fraction of sp³-hybridized carbons (Fsp3) is 0.333. The van der Waals surface area contributed by atoms with Crippen LogP contribution < -0.4 is 15.1 Å². The van der Waals surface area contributed by atoms with Gasteiger partial charge in [-0.15, -0.1) is 0 Å². The molecule has 1 fully saturated rings. The van der Waals surface area contributed by atoms with E-state index in [4.69, 9.17) is 0 Å². The molecular weight excluding hydrogens is 345 g/mol. The van der Waals surface area contributed by atoms with Crippen molar-refractivity contribution < 1.29 is 18.0 Å². The van der Waals surface area contributed by atoms with Gasteiger partial charge in [0.25, 0.3) is 0 Å². The van der Waals surface area contributed by atoms with Crippen LogP contribution in [0.15, 0.2) is 36.4 Å². The number of aromatic nitrogens is 1. The van der Waals surface area contributed by atoms with Crippen molar-refractivity contribution in [3.8, 4) is 11.3 Å². The Morgan fingerprint density at radius 3 is 2.81 bits per heavy atom. The van der Waals surface area contributed by atoms with Crippen molar-refractivity contribution >= 4 is 17.5 Å². The smallest absolute Gasteiger partial charge is 0.366 e. The van der Waals surface area contributed by atoms with Gasteiger partial charge >= 0.3 is 12.2 Å². The van der Waals surface area contributed by atoms with E-state index in [1.54, 1.807) is 24.1 Å². The number of rotatable bonds is 1. The summed E-state index contributed by atoms with van der Waals surface area (Å²) in [6.45, 7) is 1.57. The average molecular weight is 362 g/mol. The van der Waals surface area contributed by atoms with E-state index >= 15 is 0 Å². The molecule has 8 heteroatoms. The fourth-order valence-electron chi connectivity index (χ4n) is 3.61. The van der Waals surface area contributed by atoms with Gasteiger partial charge in [-0.05, 0) is 30.7 Å². The van der Waals surface area contributed by atoms with Crippen molar-refractivity contribution in [1.29, 1.82) is 0 Å². The number of fused-ring (bicyclic) bond motifs is 4. The van der Waals surface area contributed by atoms with Gasteiger partial charge in [-0.1, -0.05) is 12.1 Å². The Labute approximate surface area is 148 Å². The summed E-state index contributed by atoms with van der Waals surface area (Å²) in [7, 11) is 1.56. The molecule has 0 aliphatic carbocycles. The van der Waals surface area contributed by atoms with Gasteiger partial charge in [-0.3, -0.25) is 4.90 Å². The molecule has 0 unspecified atom stereocenters. The molecule has 26 heavy (non-hydrogen) atoms. The van der Waals surface area contributed by atoms with Crippen LogP contribution in [0.4, 0.5) is 29.5 Å². The average Bonchev–Trinajstić information content (AvgIpc) is 3.05. The Balaban J connectivity index is 1.80. The van der Waals surface area contributed by atoms with Crippen LogP contribution in [0.5, 0.6) is 0 Å². The van der Waals surface area contributed by atoms with E-state index in [1.807, 2.05) is 6.07 Å². The monoisotopic (exact) mass is 362 g/mol. The predicted octanol–water partition coefficient (Wildman–Crippen LogP) is 3.51. The number of alkyl halides is 3. The lowest BCUT2D eigenvalue weighted by Gasteiger charge is -2.35. The summed E-state index contributed by atoms with van der Waals surface area (Å²) in [5.41, 5.74) is 0.887. The topological polar surface area (TPSA) is 48.5 Å². The Hall–Kier alpha value is -2.77. The predicted molar refractivity (Wildman–Crippen MR) is 92.2 cm³/mol. The van der Waals surface area contributed by atoms with Crippen LogP contribution in [0.25, 0.3) is 11.3 Å². The number of nitrogens with zero attached hydrogens (tertiary/aromatic N) is 3. The van der Waals surface area contributed by atoms with E-state index in [0.717, 1.165) is 37.3 Å². The molecule has 2 aliphatic heterocycles. The molecule has 2 aromatic rings. The third kappa shape index (κ3) is 2.65. The number of pyridine rings is 1. The molecule has 0 saturated carbocycles. The van der Waals surface area contributed by atoms with E-state index in [-0.39, 0.29) is 12.1 Å². The van der Waals surface area contributed by atoms with Gasteiger partial charge in [0, 0.05) is 25.7 Å². The summed E-state index contributed by atoms with van der Waals surface area (Å²) in [5.74, 6) is 0.494. The zero-order chi connectivity index (χ0) is 18.5. The number of amides is 2. The van der Waals surface area contributed by atoms with E-state index in [0.29, 0.717) is 17.1 Å². The molecule has 1 saturated heterocycles. The minimum Gasteiger partial charge on any atom is -0.366 e. The highest BCUT2D eigenvalue weighted by Gasteiger charge is 2.40. The first kappa shape index (κ1) is 16.7. The molecule has 2 amide bonds. The second kappa shape index (κ2) is 5.89. The molecule has 5 nitrogen and oxygen atoms in total. The van der Waals surface area contributed by atoms with E-state index < -0.39 is 11.7 Å². The molecule has 2 bridgehead atoms. The van der Waals surface area contributed by atoms with Crippen LogP contribution in [-0.4, -0.2) is 37.2 Å². The van der Waals surface area contributed by atoms with Crippen molar-refractivity contribution in [3.63, 3.8) is 0 Å². The number of benzene rings is 1. The van der Waals surface area contributed by atoms with Crippen LogP contribution in [0.2, 0.25) is 0 Å². The normalized spacial score (nSPS) is 18.7. The van der Waals surface area contributed by atoms with E-state index in [9.17, 15) is 18.0 Å². The molecule has 1 atom stereocenters. The zero-order valence-corrected chi connectivity index (χ0v) is 14.0. The van der Waals surface area contributed by atoms with Gasteiger partial charge in [-0.2, -0.15) is 13.2 Å². The van der Waals surface area contributed by atoms with Crippen LogP contribution >= 0.6 is 0 Å². The molecule has 3 heterocycles. The number of halogens is 3. The number of urea groups is 1. The van der Waals surface area contributed by atoms with Crippen molar-refractivity contribution in [1.82, 2.24) is 10.3 Å². The van der Waals surface area contributed by atoms with Crippen molar-refractivity contribution in [2.45, 2.75) is 18.6 Å². The number of nitrogens with one attached hydrogen (secondary N) is 1. The van der Waals surface area contributed by atoms with Crippen molar-refractivity contribution in [2.24, 2.45) is 0 Å². The van der Waals surface area contributed by atoms with Crippen LogP contribution in [0.1, 0.15) is 12.0 Å². The number of hydrogen-bond acceptors (Lipinski definition) is 3. The summed E-state index contributed by atoms with van der Waals surface area (Å²) in [6.07, 6.45) is -3.58. The van der Waals surface area contributed by atoms with Gasteiger partial charge in [0.2, 0.25) is 0 Å². The lowest BCUT2D eigenvalue weighted by molar-refractivity contribution is -0.137. The number of anilines is 2. The molecular formula is C18H17F3N4O. The molecule has 1 aromatic heterocycles. The minimum absolute atomic E-state index is 0.0201. The quantitative estimate of drug-likeness (QED) is 0.845. The van der Waals surface area contributed by atoms with Gasteiger partial charge in [0.15, 0.2) is 5.82 Å². The maximum atomic E-state index is 13.0. The largest absolute Gasteiger partial charge is 0.416 e. The minimum atomic E-state index is -4.41. The Kier molecular flexibility index (Phi) is 3.78. The highest BCUT2D eigenvalue weighted by Crippen LogP contribution is 2.40. The van der Waals surface area contributed by atoms with Gasteiger partial charge < -0.3 is 10.2 Å². The van der Waals surface area contributed by atoms with Crippen molar-refractivity contribution in [2.75, 3.05) is 29.9 Å². The first-order chi connectivity index (χ1) is 12.4. The van der Waals surface area contributed by atoms with Gasteiger partial charge in [0.05, 0.1) is 23.0 Å². The second-order valence-corrected chi connectivity index (χ2v) is 6.43. The number of hydrogen-bond donors (Lipinski definition) is 1. The molecule has 2 aliphatic rings. The first-order valence-corrected chi connectivity index (χ1v) is 8.33. The third-order valence-corrected chi connectivity index (χ3v) is 4.87. The zero-order valence-electron chi connectivity index (χ0n) is 14.0. The lowest BCUT2D eigenvalue weighted by atomic mass is 10.1. The van der Waals surface area contributed by atoms with Gasteiger partial charge in [0.1, 0.15) is 0 Å². The standard InChI is InChI=1S/C18H17F3N4O/c1-22-17(26)25-13-7-8-24(10-13)15-6-5-14(23-16(15)25)11-3-2-4-12(9-11)18(19,20)21/h2-6,9,13H,7-8,10H2,1H3,(H,22,26)/t13-/m0/s1. The molecule has 0 spiro atoms. The third-order valence-electron chi connectivity index (χ3n) is 4.87. The second-order valence-electron chi connectivity index (χ2n) is 6.43. The summed E-state index contributed by atoms with van der Waals surface area (Å²) in [4.78, 5) is 20.7. The molecule has 1 aromatic carbocycles. The molecule has 4 rings (SSSR count). The van der Waals surface area contributed by atoms with E-state index in [1.165, 1.54) is 6.07 Å². The van der Waals surface area contributed by atoms with Crippen LogP contribution in [0.3, 0.4) is 0 Å². The van der Waals surface area contributed by atoms with Crippen LogP contribution in [-0.2, 0) is 6.18 Å².